The van der Waals surface area contributed by atoms with Crippen LogP contribution in [0.3, 0.4) is 0 Å². The van der Waals surface area contributed by atoms with Gasteiger partial charge >= 0.3 is 0 Å². The van der Waals surface area contributed by atoms with E-state index in [4.69, 9.17) is 14.2 Å². The quantitative estimate of drug-likeness (QED) is 0.574. The van der Waals surface area contributed by atoms with Gasteiger partial charge in [-0.25, -0.2) is 0 Å². The highest BCUT2D eigenvalue weighted by Gasteiger charge is 2.59. The van der Waals surface area contributed by atoms with Crippen LogP contribution in [0.1, 0.15) is 13.8 Å². The first-order valence-electron chi connectivity index (χ1n) is 5.09. The molecule has 0 saturated carbocycles. The Morgan fingerprint density at radius 1 is 1.31 bits per heavy atom. The van der Waals surface area contributed by atoms with Crippen LogP contribution in [0.25, 0.3) is 0 Å². The van der Waals surface area contributed by atoms with E-state index in [0.29, 0.717) is 0 Å². The van der Waals surface area contributed by atoms with E-state index in [1.165, 1.54) is 21.1 Å². The first kappa shape index (κ1) is 13.8. The summed E-state index contributed by atoms with van der Waals surface area (Å²) in [5, 5.41) is 29.4. The predicted octanol–water partition coefficient (Wildman–Crippen LogP) is -1.13. The maximum absolute atomic E-state index is 10.1. The minimum atomic E-state index is -1.61. The Morgan fingerprint density at radius 2 is 1.88 bits per heavy atom. The lowest BCUT2D eigenvalue weighted by Gasteiger charge is -2.52. The molecule has 16 heavy (non-hydrogen) atoms. The minimum Gasteiger partial charge on any atom is -0.394 e. The van der Waals surface area contributed by atoms with Crippen LogP contribution in [0, 0.1) is 0 Å². The van der Waals surface area contributed by atoms with Gasteiger partial charge in [-0.3, -0.25) is 0 Å². The van der Waals surface area contributed by atoms with Gasteiger partial charge in [0.15, 0.2) is 6.29 Å². The van der Waals surface area contributed by atoms with Crippen LogP contribution in [-0.2, 0) is 14.2 Å². The molecule has 1 fully saturated rings. The zero-order valence-electron chi connectivity index (χ0n) is 10.0. The van der Waals surface area contributed by atoms with Crippen LogP contribution in [0.5, 0.6) is 0 Å². The summed E-state index contributed by atoms with van der Waals surface area (Å²) in [5.41, 5.74) is -2.79. The highest BCUT2D eigenvalue weighted by atomic mass is 16.7. The second-order valence-electron chi connectivity index (χ2n) is 4.39. The molecule has 1 rings (SSSR count). The van der Waals surface area contributed by atoms with Crippen molar-refractivity contribution in [2.75, 3.05) is 20.8 Å². The maximum atomic E-state index is 10.1. The molecule has 0 spiro atoms. The van der Waals surface area contributed by atoms with Gasteiger partial charge in [0.05, 0.1) is 6.61 Å². The highest BCUT2D eigenvalue weighted by Crippen LogP contribution is 2.38. The number of hydrogen-bond donors (Lipinski definition) is 3. The average molecular weight is 236 g/mol. The first-order chi connectivity index (χ1) is 7.34. The fourth-order valence-corrected chi connectivity index (χ4v) is 2.07. The van der Waals surface area contributed by atoms with Gasteiger partial charge in [-0.15, -0.1) is 0 Å². The molecule has 96 valence electrons. The Morgan fingerprint density at radius 3 is 2.25 bits per heavy atom. The van der Waals surface area contributed by atoms with Crippen molar-refractivity contribution in [3.63, 3.8) is 0 Å². The molecule has 1 saturated heterocycles. The Balaban J connectivity index is 3.05. The fraction of sp³-hybridized carbons (Fsp3) is 1.00. The second kappa shape index (κ2) is 4.56. The van der Waals surface area contributed by atoms with E-state index in [-0.39, 0.29) is 6.61 Å². The molecule has 3 N–H and O–H groups in total. The summed E-state index contributed by atoms with van der Waals surface area (Å²) in [6, 6.07) is 0. The van der Waals surface area contributed by atoms with Gasteiger partial charge in [0.25, 0.3) is 0 Å². The van der Waals surface area contributed by atoms with Gasteiger partial charge in [-0.2, -0.15) is 0 Å². The van der Waals surface area contributed by atoms with E-state index in [0.717, 1.165) is 0 Å². The molecule has 1 aliphatic rings. The normalized spacial score (nSPS) is 49.3. The molecule has 1 aliphatic heterocycles. The lowest BCUT2D eigenvalue weighted by molar-refractivity contribution is -0.359. The summed E-state index contributed by atoms with van der Waals surface area (Å²) in [4.78, 5) is 0. The van der Waals surface area contributed by atoms with Crippen molar-refractivity contribution in [2.24, 2.45) is 0 Å². The summed E-state index contributed by atoms with van der Waals surface area (Å²) < 4.78 is 15.5. The second-order valence-corrected chi connectivity index (χ2v) is 4.39. The first-order valence-corrected chi connectivity index (χ1v) is 5.09. The molecular formula is C10H20O6. The van der Waals surface area contributed by atoms with E-state index in [9.17, 15) is 15.3 Å². The Bertz CT molecular complexity index is 243. The largest absolute Gasteiger partial charge is 0.394 e. The van der Waals surface area contributed by atoms with Crippen molar-refractivity contribution in [2.45, 2.75) is 43.5 Å². The molecular weight excluding hydrogens is 216 g/mol. The van der Waals surface area contributed by atoms with Crippen LogP contribution in [0.2, 0.25) is 0 Å². The maximum Gasteiger partial charge on any atom is 0.188 e. The van der Waals surface area contributed by atoms with Crippen molar-refractivity contribution in [3.05, 3.63) is 0 Å². The minimum absolute atomic E-state index is 0.336. The molecule has 0 aromatic heterocycles. The van der Waals surface area contributed by atoms with Gasteiger partial charge in [-0.1, -0.05) is 0 Å². The van der Waals surface area contributed by atoms with E-state index < -0.39 is 29.7 Å². The number of ether oxygens (including phenoxy) is 3. The molecule has 6 nitrogen and oxygen atoms in total. The van der Waals surface area contributed by atoms with Crippen molar-refractivity contribution in [1.29, 1.82) is 0 Å². The van der Waals surface area contributed by atoms with Crippen molar-refractivity contribution >= 4 is 0 Å². The Kier molecular flexibility index (Phi) is 3.94. The topological polar surface area (TPSA) is 88.4 Å². The van der Waals surface area contributed by atoms with Crippen molar-refractivity contribution in [1.82, 2.24) is 0 Å². The number of rotatable bonds is 3. The highest BCUT2D eigenvalue weighted by molar-refractivity contribution is 5.06. The van der Waals surface area contributed by atoms with Crippen LogP contribution in [0.4, 0.5) is 0 Å². The van der Waals surface area contributed by atoms with Gasteiger partial charge in [0.1, 0.15) is 23.4 Å². The Hall–Kier alpha value is -0.240. The molecule has 0 radical (unpaired) electrons. The molecule has 1 heterocycles. The summed E-state index contributed by atoms with van der Waals surface area (Å²) in [7, 11) is 2.74. The standard InChI is InChI=1S/C10H20O6/c1-9(13)7(12)10(2,15-4)6(5-11)16-8(9)14-3/h6-8,11-13H,5H2,1-4H3. The number of aliphatic hydroxyl groups excluding tert-OH is 2. The van der Waals surface area contributed by atoms with E-state index in [1.54, 1.807) is 6.92 Å². The van der Waals surface area contributed by atoms with Gasteiger partial charge in [-0.05, 0) is 13.8 Å². The average Bonchev–Trinajstić information content (AvgIpc) is 2.26. The third-order valence-corrected chi connectivity index (χ3v) is 3.32. The zero-order chi connectivity index (χ0) is 12.6. The van der Waals surface area contributed by atoms with E-state index >= 15 is 0 Å². The number of hydrogen-bond acceptors (Lipinski definition) is 6. The molecule has 0 aliphatic carbocycles. The number of methoxy groups -OCH3 is 2. The molecule has 5 atom stereocenters. The molecule has 0 bridgehead atoms. The summed E-state index contributed by atoms with van der Waals surface area (Å²) in [5.74, 6) is 0. The summed E-state index contributed by atoms with van der Waals surface area (Å²) in [6.45, 7) is 2.63. The SMILES string of the molecule is COC1OC(CO)C(C)(OC)C(O)C1(C)O. The predicted molar refractivity (Wildman–Crippen MR) is 54.8 cm³/mol. The molecule has 0 amide bonds. The summed E-state index contributed by atoms with van der Waals surface area (Å²) >= 11 is 0. The molecule has 0 aromatic carbocycles. The molecule has 0 aromatic rings. The van der Waals surface area contributed by atoms with Crippen LogP contribution in [-0.4, -0.2) is 65.8 Å². The van der Waals surface area contributed by atoms with Crippen molar-refractivity contribution in [3.8, 4) is 0 Å². The third-order valence-electron chi connectivity index (χ3n) is 3.32. The van der Waals surface area contributed by atoms with E-state index in [1.807, 2.05) is 0 Å². The number of aliphatic hydroxyl groups is 3. The smallest absolute Gasteiger partial charge is 0.188 e. The summed E-state index contributed by atoms with van der Waals surface area (Å²) in [6.07, 6.45) is -3.01. The van der Waals surface area contributed by atoms with Crippen LogP contribution >= 0.6 is 0 Å². The van der Waals surface area contributed by atoms with Gasteiger partial charge < -0.3 is 29.5 Å². The monoisotopic (exact) mass is 236 g/mol. The Labute approximate surface area is 94.7 Å². The third kappa shape index (κ3) is 1.85. The lowest BCUT2D eigenvalue weighted by atomic mass is 9.79. The van der Waals surface area contributed by atoms with Crippen LogP contribution in [0.15, 0.2) is 0 Å². The van der Waals surface area contributed by atoms with E-state index in [2.05, 4.69) is 0 Å². The fourth-order valence-electron chi connectivity index (χ4n) is 2.07. The van der Waals surface area contributed by atoms with Gasteiger partial charge in [0, 0.05) is 14.2 Å². The molecule has 5 unspecified atom stereocenters. The van der Waals surface area contributed by atoms with Gasteiger partial charge in [0.2, 0.25) is 0 Å². The lowest BCUT2D eigenvalue weighted by Crippen LogP contribution is -2.71. The van der Waals surface area contributed by atoms with Crippen molar-refractivity contribution < 1.29 is 29.5 Å². The molecule has 6 heteroatoms. The van der Waals surface area contributed by atoms with Crippen LogP contribution < -0.4 is 0 Å². The zero-order valence-corrected chi connectivity index (χ0v) is 10.0.